The molecule has 24 heavy (non-hydrogen) atoms. The van der Waals surface area contributed by atoms with Gasteiger partial charge in [0.2, 0.25) is 0 Å². The van der Waals surface area contributed by atoms with E-state index in [1.165, 1.54) is 17.1 Å². The Kier molecular flexibility index (Phi) is 4.43. The average Bonchev–Trinajstić information content (AvgIpc) is 2.97. The third-order valence-electron chi connectivity index (χ3n) is 3.55. The molecule has 0 spiro atoms. The van der Waals surface area contributed by atoms with Crippen LogP contribution in [0.3, 0.4) is 0 Å². The summed E-state index contributed by atoms with van der Waals surface area (Å²) in [6.45, 7) is 3.79. The SMILES string of the molecule is Cc1cccc(CS(=O)(=O)c2cncn2-c2ncc(C)cc2Cl)c1. The number of sulfone groups is 1. The summed E-state index contributed by atoms with van der Waals surface area (Å²) in [5.74, 6) is 0.242. The maximum Gasteiger partial charge on any atom is 0.199 e. The van der Waals surface area contributed by atoms with Gasteiger partial charge in [-0.05, 0) is 31.0 Å². The van der Waals surface area contributed by atoms with Crippen molar-refractivity contribution < 1.29 is 8.42 Å². The fourth-order valence-corrected chi connectivity index (χ4v) is 4.20. The maximum absolute atomic E-state index is 12.8. The molecular formula is C17H16ClN3O2S. The van der Waals surface area contributed by atoms with E-state index in [4.69, 9.17) is 11.6 Å². The normalized spacial score (nSPS) is 11.6. The van der Waals surface area contributed by atoms with Crippen LogP contribution >= 0.6 is 11.6 Å². The number of aromatic nitrogens is 3. The first-order valence-electron chi connectivity index (χ1n) is 7.30. The van der Waals surface area contributed by atoms with Gasteiger partial charge in [-0.2, -0.15) is 0 Å². The van der Waals surface area contributed by atoms with Gasteiger partial charge in [-0.3, -0.25) is 4.57 Å². The quantitative estimate of drug-likeness (QED) is 0.713. The third kappa shape index (κ3) is 3.34. The fourth-order valence-electron chi connectivity index (χ4n) is 2.47. The van der Waals surface area contributed by atoms with Gasteiger partial charge in [0.05, 0.1) is 17.0 Å². The maximum atomic E-state index is 12.8. The Morgan fingerprint density at radius 2 is 1.92 bits per heavy atom. The van der Waals surface area contributed by atoms with Crippen LogP contribution in [-0.2, 0) is 15.6 Å². The molecule has 0 N–H and O–H groups in total. The van der Waals surface area contributed by atoms with Gasteiger partial charge in [0.25, 0.3) is 0 Å². The van der Waals surface area contributed by atoms with E-state index in [-0.39, 0.29) is 10.8 Å². The van der Waals surface area contributed by atoms with Crippen molar-refractivity contribution in [3.63, 3.8) is 0 Å². The Morgan fingerprint density at radius 1 is 1.12 bits per heavy atom. The third-order valence-corrected chi connectivity index (χ3v) is 5.48. The van der Waals surface area contributed by atoms with Crippen molar-refractivity contribution in [2.75, 3.05) is 0 Å². The predicted octanol–water partition coefficient (Wildman–Crippen LogP) is 3.51. The van der Waals surface area contributed by atoms with Crippen LogP contribution in [0, 0.1) is 13.8 Å². The molecule has 0 saturated heterocycles. The van der Waals surface area contributed by atoms with E-state index in [1.54, 1.807) is 18.3 Å². The molecule has 0 fully saturated rings. The molecule has 0 bridgehead atoms. The van der Waals surface area contributed by atoms with Gasteiger partial charge in [0.15, 0.2) is 20.7 Å². The second-order valence-electron chi connectivity index (χ2n) is 5.67. The van der Waals surface area contributed by atoms with Crippen molar-refractivity contribution in [2.24, 2.45) is 0 Å². The van der Waals surface area contributed by atoms with Crippen LogP contribution in [0.4, 0.5) is 0 Å². The van der Waals surface area contributed by atoms with Gasteiger partial charge in [-0.1, -0.05) is 41.4 Å². The van der Waals surface area contributed by atoms with Crippen molar-refractivity contribution >= 4 is 21.4 Å². The smallest absolute Gasteiger partial charge is 0.199 e. The van der Waals surface area contributed by atoms with E-state index in [2.05, 4.69) is 9.97 Å². The molecule has 0 aliphatic rings. The van der Waals surface area contributed by atoms with Gasteiger partial charge < -0.3 is 0 Å². The lowest BCUT2D eigenvalue weighted by molar-refractivity contribution is 0.588. The summed E-state index contributed by atoms with van der Waals surface area (Å²) in [6, 6.07) is 9.16. The lowest BCUT2D eigenvalue weighted by Crippen LogP contribution is -2.11. The number of benzene rings is 1. The highest BCUT2D eigenvalue weighted by molar-refractivity contribution is 7.90. The highest BCUT2D eigenvalue weighted by Crippen LogP contribution is 2.24. The minimum absolute atomic E-state index is 0.0715. The van der Waals surface area contributed by atoms with Crippen molar-refractivity contribution in [1.82, 2.24) is 14.5 Å². The molecule has 2 aromatic heterocycles. The zero-order chi connectivity index (χ0) is 17.3. The highest BCUT2D eigenvalue weighted by atomic mass is 35.5. The van der Waals surface area contributed by atoms with Gasteiger partial charge in [0.1, 0.15) is 6.33 Å². The van der Waals surface area contributed by atoms with E-state index in [0.29, 0.717) is 10.8 Å². The molecule has 0 radical (unpaired) electrons. The van der Waals surface area contributed by atoms with Crippen LogP contribution in [0.1, 0.15) is 16.7 Å². The number of aryl methyl sites for hydroxylation is 2. The summed E-state index contributed by atoms with van der Waals surface area (Å²) < 4.78 is 27.0. The van der Waals surface area contributed by atoms with E-state index in [0.717, 1.165) is 16.7 Å². The Bertz CT molecular complexity index is 997. The number of pyridine rings is 1. The summed E-state index contributed by atoms with van der Waals surface area (Å²) in [6.07, 6.45) is 4.37. The molecule has 3 rings (SSSR count). The average molecular weight is 362 g/mol. The zero-order valence-corrected chi connectivity index (χ0v) is 14.8. The summed E-state index contributed by atoms with van der Waals surface area (Å²) >= 11 is 6.22. The Morgan fingerprint density at radius 3 is 2.62 bits per heavy atom. The number of rotatable bonds is 4. The molecule has 0 aliphatic heterocycles. The molecule has 0 atom stereocenters. The summed E-state index contributed by atoms with van der Waals surface area (Å²) in [4.78, 5) is 8.21. The highest BCUT2D eigenvalue weighted by Gasteiger charge is 2.22. The molecule has 0 amide bonds. The monoisotopic (exact) mass is 361 g/mol. The summed E-state index contributed by atoms with van der Waals surface area (Å²) in [7, 11) is -3.59. The number of hydrogen-bond acceptors (Lipinski definition) is 4. The Labute approximate surface area is 145 Å². The molecule has 0 saturated carbocycles. The first kappa shape index (κ1) is 16.7. The standard InChI is InChI=1S/C17H16ClN3O2S/c1-12-4-3-5-14(6-12)10-24(22,23)16-9-19-11-21(16)17-15(18)7-13(2)8-20-17/h3-9,11H,10H2,1-2H3. The van der Waals surface area contributed by atoms with Crippen LogP contribution in [0.25, 0.3) is 5.82 Å². The van der Waals surface area contributed by atoms with Gasteiger partial charge in [-0.25, -0.2) is 18.4 Å². The Balaban J connectivity index is 2.03. The van der Waals surface area contributed by atoms with Gasteiger partial charge >= 0.3 is 0 Å². The van der Waals surface area contributed by atoms with E-state index < -0.39 is 9.84 Å². The predicted molar refractivity (Wildman–Crippen MR) is 93.2 cm³/mol. The number of imidazole rings is 1. The largest absolute Gasteiger partial charge is 0.272 e. The molecule has 3 aromatic rings. The van der Waals surface area contributed by atoms with Crippen molar-refractivity contribution in [3.8, 4) is 5.82 Å². The van der Waals surface area contributed by atoms with Gasteiger partial charge in [0, 0.05) is 6.20 Å². The summed E-state index contributed by atoms with van der Waals surface area (Å²) in [5, 5.41) is 0.447. The zero-order valence-electron chi connectivity index (χ0n) is 13.3. The molecule has 5 nitrogen and oxygen atoms in total. The van der Waals surface area contributed by atoms with Crippen LogP contribution < -0.4 is 0 Å². The molecule has 0 aliphatic carbocycles. The number of hydrogen-bond donors (Lipinski definition) is 0. The lowest BCUT2D eigenvalue weighted by atomic mass is 10.2. The van der Waals surface area contributed by atoms with E-state index >= 15 is 0 Å². The van der Waals surface area contributed by atoms with Crippen molar-refractivity contribution in [2.45, 2.75) is 24.6 Å². The molecule has 7 heteroatoms. The molecular weight excluding hydrogens is 346 g/mol. The van der Waals surface area contributed by atoms with Crippen LogP contribution in [-0.4, -0.2) is 23.0 Å². The van der Waals surface area contributed by atoms with Gasteiger partial charge in [-0.15, -0.1) is 0 Å². The fraction of sp³-hybridized carbons (Fsp3) is 0.176. The van der Waals surface area contributed by atoms with Crippen molar-refractivity contribution in [3.05, 3.63) is 70.8 Å². The number of halogens is 1. The molecule has 1 aromatic carbocycles. The second kappa shape index (κ2) is 6.37. The first-order valence-corrected chi connectivity index (χ1v) is 9.33. The number of nitrogens with zero attached hydrogens (tertiary/aromatic N) is 3. The minimum Gasteiger partial charge on any atom is -0.272 e. The minimum atomic E-state index is -3.59. The second-order valence-corrected chi connectivity index (χ2v) is 8.01. The topological polar surface area (TPSA) is 64.8 Å². The molecule has 124 valence electrons. The molecule has 0 unspecified atom stereocenters. The molecule has 2 heterocycles. The van der Waals surface area contributed by atoms with Crippen LogP contribution in [0.2, 0.25) is 5.02 Å². The van der Waals surface area contributed by atoms with Crippen molar-refractivity contribution in [1.29, 1.82) is 0 Å². The Hall–Kier alpha value is -2.18. The van der Waals surface area contributed by atoms with Crippen LogP contribution in [0.15, 0.2) is 54.1 Å². The lowest BCUT2D eigenvalue weighted by Gasteiger charge is -2.10. The first-order chi connectivity index (χ1) is 11.4. The van der Waals surface area contributed by atoms with E-state index in [1.807, 2.05) is 32.0 Å². The van der Waals surface area contributed by atoms with Crippen LogP contribution in [0.5, 0.6) is 0 Å². The van der Waals surface area contributed by atoms with E-state index in [9.17, 15) is 8.42 Å². The summed E-state index contributed by atoms with van der Waals surface area (Å²) in [5.41, 5.74) is 2.64.